The summed E-state index contributed by atoms with van der Waals surface area (Å²) in [6, 6.07) is -1.40. The minimum absolute atomic E-state index is 0.154. The van der Waals surface area contributed by atoms with Gasteiger partial charge in [-0.2, -0.15) is 0 Å². The van der Waals surface area contributed by atoms with Gasteiger partial charge >= 0.3 is 12.1 Å². The Bertz CT molecular complexity index is 336. The van der Waals surface area contributed by atoms with Crippen LogP contribution in [-0.2, 0) is 9.59 Å². The fourth-order valence-corrected chi connectivity index (χ4v) is 1.28. The summed E-state index contributed by atoms with van der Waals surface area (Å²) >= 11 is 0. The number of amides is 6. The third-order valence-electron chi connectivity index (χ3n) is 1.89. The Morgan fingerprint density at radius 3 is 2.36 bits per heavy atom. The first-order chi connectivity index (χ1) is 6.59. The topological polar surface area (TPSA) is 108 Å². The van der Waals surface area contributed by atoms with E-state index in [1.807, 2.05) is 5.32 Å². The van der Waals surface area contributed by atoms with Gasteiger partial charge in [0, 0.05) is 0 Å². The summed E-state index contributed by atoms with van der Waals surface area (Å²) in [7, 11) is 0. The molecule has 8 nitrogen and oxygen atoms in total. The van der Waals surface area contributed by atoms with Crippen molar-refractivity contribution in [3.8, 4) is 0 Å². The molecule has 0 radical (unpaired) electrons. The second kappa shape index (κ2) is 2.69. The SMILES string of the molecule is O=C1NC(=O)C(N2C(=O)CNC2=O)N1. The maximum absolute atomic E-state index is 11.1. The van der Waals surface area contributed by atoms with E-state index in [2.05, 4.69) is 10.6 Å². The standard InChI is InChI=1S/C6H6N4O4/c11-2-1-7-6(14)10(2)3-4(12)9-5(13)8-3/h3H,1H2,(H,7,14)(H2,8,9,12,13). The first-order valence-electron chi connectivity index (χ1n) is 3.81. The molecule has 0 aromatic carbocycles. The summed E-state index contributed by atoms with van der Waals surface area (Å²) in [6.45, 7) is -0.154. The van der Waals surface area contributed by atoms with Crippen molar-refractivity contribution in [2.45, 2.75) is 6.17 Å². The predicted molar refractivity (Wildman–Crippen MR) is 40.7 cm³/mol. The lowest BCUT2D eigenvalue weighted by molar-refractivity contribution is -0.133. The average molecular weight is 198 g/mol. The van der Waals surface area contributed by atoms with Crippen molar-refractivity contribution in [2.24, 2.45) is 0 Å². The van der Waals surface area contributed by atoms with E-state index in [1.54, 1.807) is 0 Å². The van der Waals surface area contributed by atoms with Crippen LogP contribution in [0.15, 0.2) is 0 Å². The minimum Gasteiger partial charge on any atom is -0.328 e. The van der Waals surface area contributed by atoms with Gasteiger partial charge in [-0.3, -0.25) is 14.9 Å². The highest BCUT2D eigenvalue weighted by atomic mass is 16.2. The van der Waals surface area contributed by atoms with Crippen LogP contribution in [-0.4, -0.2) is 41.5 Å². The number of carbonyl (C=O) groups is 4. The molecule has 74 valence electrons. The molecule has 6 amide bonds. The van der Waals surface area contributed by atoms with E-state index < -0.39 is 30.0 Å². The highest BCUT2D eigenvalue weighted by molar-refractivity contribution is 6.11. The molecular formula is C6H6N4O4. The summed E-state index contributed by atoms with van der Waals surface area (Å²) in [5.74, 6) is -1.25. The molecule has 2 aliphatic rings. The Morgan fingerprint density at radius 1 is 1.21 bits per heavy atom. The molecule has 2 fully saturated rings. The van der Waals surface area contributed by atoms with Gasteiger partial charge in [-0.05, 0) is 0 Å². The third kappa shape index (κ3) is 1.08. The molecule has 1 atom stereocenters. The molecule has 0 saturated carbocycles. The van der Waals surface area contributed by atoms with Gasteiger partial charge in [0.05, 0.1) is 6.54 Å². The smallest absolute Gasteiger partial charge is 0.326 e. The van der Waals surface area contributed by atoms with E-state index in [4.69, 9.17) is 0 Å². The van der Waals surface area contributed by atoms with Crippen molar-refractivity contribution in [2.75, 3.05) is 6.54 Å². The second-order valence-electron chi connectivity index (χ2n) is 2.79. The fraction of sp³-hybridized carbons (Fsp3) is 0.333. The molecule has 2 aliphatic heterocycles. The summed E-state index contributed by atoms with van der Waals surface area (Å²) in [5, 5.41) is 6.31. The van der Waals surface area contributed by atoms with Gasteiger partial charge in [0.25, 0.3) is 11.8 Å². The average Bonchev–Trinajstić information content (AvgIpc) is 2.57. The van der Waals surface area contributed by atoms with E-state index in [9.17, 15) is 19.2 Å². The molecule has 0 aliphatic carbocycles. The zero-order chi connectivity index (χ0) is 10.3. The van der Waals surface area contributed by atoms with Crippen LogP contribution in [0.2, 0.25) is 0 Å². The van der Waals surface area contributed by atoms with Gasteiger partial charge in [0.2, 0.25) is 0 Å². The van der Waals surface area contributed by atoms with Crippen LogP contribution in [0.25, 0.3) is 0 Å². The minimum atomic E-state index is -1.22. The van der Waals surface area contributed by atoms with Crippen molar-refractivity contribution in [1.82, 2.24) is 20.9 Å². The van der Waals surface area contributed by atoms with E-state index >= 15 is 0 Å². The predicted octanol–water partition coefficient (Wildman–Crippen LogP) is -2.30. The number of nitrogens with one attached hydrogen (secondary N) is 3. The maximum atomic E-state index is 11.1. The molecule has 2 saturated heterocycles. The summed E-state index contributed by atoms with van der Waals surface area (Å²) < 4.78 is 0. The lowest BCUT2D eigenvalue weighted by Gasteiger charge is -2.16. The van der Waals surface area contributed by atoms with Crippen LogP contribution in [0.4, 0.5) is 9.59 Å². The first-order valence-corrected chi connectivity index (χ1v) is 3.81. The Balaban J connectivity index is 2.22. The normalized spacial score (nSPS) is 26.3. The summed E-state index contributed by atoms with van der Waals surface area (Å²) in [6.07, 6.45) is -1.22. The van der Waals surface area contributed by atoms with Crippen LogP contribution in [0.5, 0.6) is 0 Å². The first kappa shape index (κ1) is 8.48. The zero-order valence-corrected chi connectivity index (χ0v) is 6.86. The maximum Gasteiger partial charge on any atom is 0.326 e. The van der Waals surface area contributed by atoms with Crippen LogP contribution in [0, 0.1) is 0 Å². The fourth-order valence-electron chi connectivity index (χ4n) is 1.28. The Kier molecular flexibility index (Phi) is 1.63. The van der Waals surface area contributed by atoms with Gasteiger partial charge in [0.15, 0.2) is 6.17 Å². The molecule has 8 heteroatoms. The molecule has 0 spiro atoms. The van der Waals surface area contributed by atoms with Crippen LogP contribution >= 0.6 is 0 Å². The molecule has 1 unspecified atom stereocenters. The number of urea groups is 2. The molecule has 2 heterocycles. The zero-order valence-electron chi connectivity index (χ0n) is 6.86. The van der Waals surface area contributed by atoms with Crippen molar-refractivity contribution in [3.05, 3.63) is 0 Å². The van der Waals surface area contributed by atoms with Crippen molar-refractivity contribution < 1.29 is 19.2 Å². The van der Waals surface area contributed by atoms with Crippen LogP contribution < -0.4 is 16.0 Å². The van der Waals surface area contributed by atoms with E-state index in [0.717, 1.165) is 0 Å². The van der Waals surface area contributed by atoms with Crippen LogP contribution in [0.3, 0.4) is 0 Å². The lowest BCUT2D eigenvalue weighted by atomic mass is 10.4. The summed E-state index contributed by atoms with van der Waals surface area (Å²) in [5.41, 5.74) is 0. The Morgan fingerprint density at radius 2 is 1.93 bits per heavy atom. The van der Waals surface area contributed by atoms with Gasteiger partial charge in [0.1, 0.15) is 0 Å². The number of nitrogens with zero attached hydrogens (tertiary/aromatic N) is 1. The van der Waals surface area contributed by atoms with Gasteiger partial charge in [-0.15, -0.1) is 0 Å². The molecule has 0 bridgehead atoms. The molecule has 0 aromatic rings. The number of imide groups is 2. The quantitative estimate of drug-likeness (QED) is 0.412. The lowest BCUT2D eigenvalue weighted by Crippen LogP contribution is -2.50. The number of rotatable bonds is 1. The Hall–Kier alpha value is -2.12. The third-order valence-corrected chi connectivity index (χ3v) is 1.89. The largest absolute Gasteiger partial charge is 0.328 e. The highest BCUT2D eigenvalue weighted by Crippen LogP contribution is 2.06. The number of carbonyl (C=O) groups excluding carboxylic acids is 4. The monoisotopic (exact) mass is 198 g/mol. The molecule has 3 N–H and O–H groups in total. The van der Waals surface area contributed by atoms with Gasteiger partial charge in [-0.1, -0.05) is 0 Å². The highest BCUT2D eigenvalue weighted by Gasteiger charge is 2.43. The van der Waals surface area contributed by atoms with Crippen molar-refractivity contribution >= 4 is 23.9 Å². The van der Waals surface area contributed by atoms with E-state index in [-0.39, 0.29) is 6.54 Å². The van der Waals surface area contributed by atoms with Gasteiger partial charge in [-0.25, -0.2) is 14.5 Å². The van der Waals surface area contributed by atoms with E-state index in [0.29, 0.717) is 4.90 Å². The number of hydrogen-bond acceptors (Lipinski definition) is 4. The molecule has 14 heavy (non-hydrogen) atoms. The molecule has 2 rings (SSSR count). The second-order valence-corrected chi connectivity index (χ2v) is 2.79. The Labute approximate surface area is 77.6 Å². The molecular weight excluding hydrogens is 192 g/mol. The number of hydrogen-bond donors (Lipinski definition) is 3. The van der Waals surface area contributed by atoms with E-state index in [1.165, 1.54) is 0 Å². The van der Waals surface area contributed by atoms with Gasteiger partial charge < -0.3 is 10.6 Å². The van der Waals surface area contributed by atoms with Crippen molar-refractivity contribution in [3.63, 3.8) is 0 Å². The van der Waals surface area contributed by atoms with Crippen LogP contribution in [0.1, 0.15) is 0 Å². The summed E-state index contributed by atoms with van der Waals surface area (Å²) in [4.78, 5) is 44.7. The van der Waals surface area contributed by atoms with Crippen molar-refractivity contribution in [1.29, 1.82) is 0 Å². The molecule has 0 aromatic heterocycles.